The van der Waals surface area contributed by atoms with Crippen LogP contribution in [0.4, 0.5) is 10.5 Å². The van der Waals surface area contributed by atoms with Gasteiger partial charge in [0.15, 0.2) is 0 Å². The number of anilines is 1. The molecule has 2 rings (SSSR count). The van der Waals surface area contributed by atoms with Crippen molar-refractivity contribution in [3.63, 3.8) is 0 Å². The zero-order chi connectivity index (χ0) is 13.1. The number of carbonyl (C=O) groups excluding carboxylic acids is 1. The largest absolute Gasteiger partial charge is 0.325 e. The van der Waals surface area contributed by atoms with Gasteiger partial charge >= 0.3 is 6.03 Å². The van der Waals surface area contributed by atoms with Crippen LogP contribution in [0.25, 0.3) is 0 Å². The van der Waals surface area contributed by atoms with E-state index in [-0.39, 0.29) is 6.03 Å². The van der Waals surface area contributed by atoms with Crippen molar-refractivity contribution in [2.24, 2.45) is 0 Å². The predicted molar refractivity (Wildman–Crippen MR) is 78.1 cm³/mol. The molecule has 1 aliphatic heterocycles. The summed E-state index contributed by atoms with van der Waals surface area (Å²) in [6, 6.07) is 4.08. The fourth-order valence-corrected chi connectivity index (χ4v) is 3.08. The predicted octanol–water partition coefficient (Wildman–Crippen LogP) is 4.08. The van der Waals surface area contributed by atoms with Crippen LogP contribution in [0.15, 0.2) is 16.6 Å². The highest BCUT2D eigenvalue weighted by molar-refractivity contribution is 9.10. The molecule has 1 fully saturated rings. The van der Waals surface area contributed by atoms with E-state index >= 15 is 0 Å². The lowest BCUT2D eigenvalue weighted by Crippen LogP contribution is -2.38. The summed E-state index contributed by atoms with van der Waals surface area (Å²) in [7, 11) is 0. The topological polar surface area (TPSA) is 32.3 Å². The minimum absolute atomic E-state index is 0.0308. The molecule has 1 aromatic carbocycles. The molecule has 0 unspecified atom stereocenters. The number of nitrogens with zero attached hydrogens (tertiary/aromatic N) is 1. The maximum absolute atomic E-state index is 12.2. The SMILES string of the molecule is Cc1cc(Br)cc(C)c1NC(=O)N1CCCCC1. The number of piperidine rings is 1. The van der Waals surface area contributed by atoms with Crippen molar-refractivity contribution < 1.29 is 4.79 Å². The normalized spacial score (nSPS) is 15.6. The van der Waals surface area contributed by atoms with E-state index in [0.717, 1.165) is 47.2 Å². The Hall–Kier alpha value is -1.03. The number of carbonyl (C=O) groups is 1. The summed E-state index contributed by atoms with van der Waals surface area (Å²) in [4.78, 5) is 14.1. The average molecular weight is 311 g/mol. The second kappa shape index (κ2) is 5.74. The molecule has 2 amide bonds. The van der Waals surface area contributed by atoms with Crippen LogP contribution >= 0.6 is 15.9 Å². The molecular formula is C14H19BrN2O. The number of benzene rings is 1. The van der Waals surface area contributed by atoms with Gasteiger partial charge in [-0.25, -0.2) is 4.79 Å². The Kier molecular flexibility index (Phi) is 4.27. The maximum Gasteiger partial charge on any atom is 0.321 e. The number of nitrogens with one attached hydrogen (secondary N) is 1. The quantitative estimate of drug-likeness (QED) is 0.832. The number of rotatable bonds is 1. The molecule has 3 nitrogen and oxygen atoms in total. The molecule has 1 aromatic rings. The van der Waals surface area contributed by atoms with Crippen molar-refractivity contribution in [3.8, 4) is 0 Å². The van der Waals surface area contributed by atoms with Crippen LogP contribution in [0.3, 0.4) is 0 Å². The molecule has 0 aliphatic carbocycles. The molecule has 0 saturated carbocycles. The van der Waals surface area contributed by atoms with Gasteiger partial charge in [0, 0.05) is 23.2 Å². The van der Waals surface area contributed by atoms with Gasteiger partial charge in [-0.1, -0.05) is 15.9 Å². The molecule has 1 saturated heterocycles. The van der Waals surface area contributed by atoms with E-state index in [9.17, 15) is 4.79 Å². The average Bonchev–Trinajstić information content (AvgIpc) is 2.34. The summed E-state index contributed by atoms with van der Waals surface area (Å²) < 4.78 is 1.05. The molecule has 18 heavy (non-hydrogen) atoms. The minimum atomic E-state index is 0.0308. The molecule has 0 aromatic heterocycles. The first-order valence-electron chi connectivity index (χ1n) is 6.40. The van der Waals surface area contributed by atoms with E-state index in [0.29, 0.717) is 0 Å². The van der Waals surface area contributed by atoms with Gasteiger partial charge in [0.2, 0.25) is 0 Å². The molecular weight excluding hydrogens is 292 g/mol. The summed E-state index contributed by atoms with van der Waals surface area (Å²) in [5, 5.41) is 3.04. The zero-order valence-corrected chi connectivity index (χ0v) is 12.5. The lowest BCUT2D eigenvalue weighted by Gasteiger charge is -2.27. The third-order valence-electron chi connectivity index (χ3n) is 3.37. The Morgan fingerprint density at radius 1 is 1.17 bits per heavy atom. The van der Waals surface area contributed by atoms with Gasteiger partial charge in [0.25, 0.3) is 0 Å². The van der Waals surface area contributed by atoms with Crippen LogP contribution in [-0.4, -0.2) is 24.0 Å². The Labute approximate surface area is 117 Å². The van der Waals surface area contributed by atoms with Crippen molar-refractivity contribution in [2.45, 2.75) is 33.1 Å². The van der Waals surface area contributed by atoms with Crippen LogP contribution in [0.5, 0.6) is 0 Å². The summed E-state index contributed by atoms with van der Waals surface area (Å²) in [5.41, 5.74) is 3.12. The molecule has 1 N–H and O–H groups in total. The van der Waals surface area contributed by atoms with Gasteiger partial charge < -0.3 is 10.2 Å². The lowest BCUT2D eigenvalue weighted by molar-refractivity contribution is 0.200. The first-order chi connectivity index (χ1) is 8.58. The summed E-state index contributed by atoms with van der Waals surface area (Å²) in [5.74, 6) is 0. The zero-order valence-electron chi connectivity index (χ0n) is 10.9. The van der Waals surface area contributed by atoms with Crippen LogP contribution < -0.4 is 5.32 Å². The number of likely N-dealkylation sites (tertiary alicyclic amines) is 1. The molecule has 0 atom stereocenters. The number of hydrogen-bond donors (Lipinski definition) is 1. The first-order valence-corrected chi connectivity index (χ1v) is 7.20. The smallest absolute Gasteiger partial charge is 0.321 e. The van der Waals surface area contributed by atoms with Gasteiger partial charge in [-0.3, -0.25) is 0 Å². The number of urea groups is 1. The van der Waals surface area contributed by atoms with Crippen molar-refractivity contribution in [3.05, 3.63) is 27.7 Å². The van der Waals surface area contributed by atoms with Gasteiger partial charge in [0.05, 0.1) is 0 Å². The van der Waals surface area contributed by atoms with E-state index < -0.39 is 0 Å². The minimum Gasteiger partial charge on any atom is -0.325 e. The molecule has 4 heteroatoms. The summed E-state index contributed by atoms with van der Waals surface area (Å²) in [6.07, 6.45) is 3.47. The van der Waals surface area contributed by atoms with E-state index in [1.807, 2.05) is 30.9 Å². The Morgan fingerprint density at radius 2 is 1.72 bits per heavy atom. The van der Waals surface area contributed by atoms with Crippen LogP contribution in [-0.2, 0) is 0 Å². The third-order valence-corrected chi connectivity index (χ3v) is 3.83. The first kappa shape index (κ1) is 13.4. The second-order valence-corrected chi connectivity index (χ2v) is 5.81. The molecule has 1 aliphatic rings. The lowest BCUT2D eigenvalue weighted by atomic mass is 10.1. The fraction of sp³-hybridized carbons (Fsp3) is 0.500. The second-order valence-electron chi connectivity index (χ2n) is 4.89. The van der Waals surface area contributed by atoms with Gasteiger partial charge in [-0.05, 0) is 56.4 Å². The van der Waals surface area contributed by atoms with E-state index in [4.69, 9.17) is 0 Å². The van der Waals surface area contributed by atoms with Crippen molar-refractivity contribution in [2.75, 3.05) is 18.4 Å². The highest BCUT2D eigenvalue weighted by atomic mass is 79.9. The summed E-state index contributed by atoms with van der Waals surface area (Å²) >= 11 is 3.47. The van der Waals surface area contributed by atoms with Crippen LogP contribution in [0, 0.1) is 13.8 Å². The highest BCUT2D eigenvalue weighted by Gasteiger charge is 2.17. The maximum atomic E-state index is 12.2. The Morgan fingerprint density at radius 3 is 2.28 bits per heavy atom. The van der Waals surface area contributed by atoms with Crippen LogP contribution in [0.1, 0.15) is 30.4 Å². The molecule has 1 heterocycles. The molecule has 98 valence electrons. The number of aryl methyl sites for hydroxylation is 2. The summed E-state index contributed by atoms with van der Waals surface area (Å²) in [6.45, 7) is 5.79. The number of hydrogen-bond acceptors (Lipinski definition) is 1. The van der Waals surface area contributed by atoms with Gasteiger partial charge in [-0.2, -0.15) is 0 Å². The Balaban J connectivity index is 2.11. The van der Waals surface area contributed by atoms with Crippen molar-refractivity contribution in [1.29, 1.82) is 0 Å². The fourth-order valence-electron chi connectivity index (χ4n) is 2.39. The Bertz CT molecular complexity index is 430. The van der Waals surface area contributed by atoms with Crippen molar-refractivity contribution in [1.82, 2.24) is 4.90 Å². The standard InChI is InChI=1S/C14H19BrN2O/c1-10-8-12(15)9-11(2)13(10)16-14(18)17-6-4-3-5-7-17/h8-9H,3-7H2,1-2H3,(H,16,18). The van der Waals surface area contributed by atoms with Crippen molar-refractivity contribution >= 4 is 27.6 Å². The molecule has 0 bridgehead atoms. The monoisotopic (exact) mass is 310 g/mol. The molecule has 0 spiro atoms. The van der Waals surface area contributed by atoms with Crippen LogP contribution in [0.2, 0.25) is 0 Å². The third kappa shape index (κ3) is 3.05. The van der Waals surface area contributed by atoms with Gasteiger partial charge in [0.1, 0.15) is 0 Å². The van der Waals surface area contributed by atoms with E-state index in [2.05, 4.69) is 21.2 Å². The number of halogens is 1. The van der Waals surface area contributed by atoms with E-state index in [1.165, 1.54) is 6.42 Å². The number of amides is 2. The van der Waals surface area contributed by atoms with E-state index in [1.54, 1.807) is 0 Å². The highest BCUT2D eigenvalue weighted by Crippen LogP contribution is 2.25. The molecule has 0 radical (unpaired) electrons. The van der Waals surface area contributed by atoms with Gasteiger partial charge in [-0.15, -0.1) is 0 Å².